The van der Waals surface area contributed by atoms with Crippen molar-refractivity contribution in [1.82, 2.24) is 10.3 Å². The fraction of sp³-hybridized carbons (Fsp3) is 0.462. The number of pyridine rings is 1. The molecule has 102 valence electrons. The molecular weight excluding hydrogens is 242 g/mol. The second-order valence-electron chi connectivity index (χ2n) is 4.65. The van der Waals surface area contributed by atoms with Crippen LogP contribution >= 0.6 is 0 Å². The molecule has 0 bridgehead atoms. The quantitative estimate of drug-likeness (QED) is 0.711. The normalized spacial score (nSPS) is 10.0. The molecule has 4 N–H and O–H groups in total. The molecule has 6 heteroatoms. The highest BCUT2D eigenvalue weighted by Crippen LogP contribution is 2.13. The Morgan fingerprint density at radius 3 is 2.95 bits per heavy atom. The molecule has 0 atom stereocenters. The van der Waals surface area contributed by atoms with Crippen LogP contribution in [0.1, 0.15) is 25.8 Å². The third kappa shape index (κ3) is 5.25. The zero-order chi connectivity index (χ0) is 14.3. The first kappa shape index (κ1) is 14.8. The van der Waals surface area contributed by atoms with Crippen molar-refractivity contribution < 1.29 is 4.79 Å². The Morgan fingerprint density at radius 2 is 2.32 bits per heavy atom. The van der Waals surface area contributed by atoms with Gasteiger partial charge in [-0.3, -0.25) is 4.79 Å². The van der Waals surface area contributed by atoms with Crippen molar-refractivity contribution in [3.8, 4) is 6.07 Å². The van der Waals surface area contributed by atoms with Gasteiger partial charge in [-0.25, -0.2) is 4.98 Å². The maximum Gasteiger partial charge on any atom is 0.221 e. The summed E-state index contributed by atoms with van der Waals surface area (Å²) in [6.45, 7) is 5.17. The van der Waals surface area contributed by atoms with E-state index in [9.17, 15) is 4.79 Å². The van der Waals surface area contributed by atoms with Crippen LogP contribution in [-0.2, 0) is 4.79 Å². The van der Waals surface area contributed by atoms with Gasteiger partial charge in [0.05, 0.1) is 17.4 Å². The number of hydrogen-bond acceptors (Lipinski definition) is 5. The number of nitrogens with zero attached hydrogens (tertiary/aromatic N) is 2. The summed E-state index contributed by atoms with van der Waals surface area (Å²) in [6, 6.07) is 3.56. The average molecular weight is 261 g/mol. The highest BCUT2D eigenvalue weighted by molar-refractivity contribution is 5.76. The number of amides is 1. The molecule has 0 unspecified atom stereocenters. The molecule has 0 aromatic carbocycles. The van der Waals surface area contributed by atoms with E-state index in [0.29, 0.717) is 42.5 Å². The minimum atomic E-state index is -0.0184. The third-order valence-corrected chi connectivity index (χ3v) is 2.38. The van der Waals surface area contributed by atoms with E-state index in [-0.39, 0.29) is 5.91 Å². The first-order valence-corrected chi connectivity index (χ1v) is 6.19. The van der Waals surface area contributed by atoms with E-state index in [4.69, 9.17) is 11.0 Å². The van der Waals surface area contributed by atoms with Crippen LogP contribution in [0.3, 0.4) is 0 Å². The van der Waals surface area contributed by atoms with Gasteiger partial charge < -0.3 is 16.4 Å². The maximum atomic E-state index is 11.5. The van der Waals surface area contributed by atoms with Crippen molar-refractivity contribution >= 4 is 17.4 Å². The Morgan fingerprint density at radius 1 is 1.58 bits per heavy atom. The average Bonchev–Trinajstić information content (AvgIpc) is 2.38. The summed E-state index contributed by atoms with van der Waals surface area (Å²) in [4.78, 5) is 15.5. The summed E-state index contributed by atoms with van der Waals surface area (Å²) in [5, 5.41) is 14.7. The van der Waals surface area contributed by atoms with Crippen molar-refractivity contribution in [3.63, 3.8) is 0 Å². The van der Waals surface area contributed by atoms with Gasteiger partial charge >= 0.3 is 0 Å². The number of nitrogens with one attached hydrogen (secondary N) is 2. The van der Waals surface area contributed by atoms with E-state index in [0.717, 1.165) is 0 Å². The molecule has 0 radical (unpaired) electrons. The molecule has 0 saturated carbocycles. The van der Waals surface area contributed by atoms with Crippen molar-refractivity contribution in [3.05, 3.63) is 17.8 Å². The number of hydrogen-bond donors (Lipinski definition) is 3. The Bertz CT molecular complexity index is 478. The molecule has 1 heterocycles. The van der Waals surface area contributed by atoms with E-state index in [1.54, 1.807) is 6.07 Å². The number of nitrogens with two attached hydrogens (primary N) is 1. The number of carbonyl (C=O) groups is 1. The molecule has 0 aliphatic rings. The van der Waals surface area contributed by atoms with Crippen molar-refractivity contribution in [2.24, 2.45) is 5.92 Å². The van der Waals surface area contributed by atoms with Crippen molar-refractivity contribution in [2.75, 3.05) is 24.1 Å². The molecule has 6 nitrogen and oxygen atoms in total. The Kier molecular flexibility index (Phi) is 5.61. The van der Waals surface area contributed by atoms with E-state index in [1.165, 1.54) is 6.20 Å². The van der Waals surface area contributed by atoms with Gasteiger partial charge in [-0.15, -0.1) is 0 Å². The number of carbonyl (C=O) groups excluding carboxylic acids is 1. The van der Waals surface area contributed by atoms with Crippen LogP contribution in [0, 0.1) is 17.2 Å². The minimum Gasteiger partial charge on any atom is -0.397 e. The predicted octanol–water partition coefficient (Wildman–Crippen LogP) is 1.11. The van der Waals surface area contributed by atoms with Crippen LogP contribution in [0.4, 0.5) is 11.5 Å². The molecule has 19 heavy (non-hydrogen) atoms. The molecule has 1 rings (SSSR count). The van der Waals surface area contributed by atoms with Gasteiger partial charge in [-0.2, -0.15) is 5.26 Å². The Labute approximate surface area is 113 Å². The van der Waals surface area contributed by atoms with Gasteiger partial charge in [-0.1, -0.05) is 13.8 Å². The van der Waals surface area contributed by atoms with E-state index < -0.39 is 0 Å². The lowest BCUT2D eigenvalue weighted by atomic mass is 10.2. The summed E-state index contributed by atoms with van der Waals surface area (Å²) in [5.41, 5.74) is 6.36. The minimum absolute atomic E-state index is 0.0184. The van der Waals surface area contributed by atoms with Gasteiger partial charge in [-0.05, 0) is 12.0 Å². The molecule has 0 saturated heterocycles. The fourth-order valence-corrected chi connectivity index (χ4v) is 1.41. The summed E-state index contributed by atoms with van der Waals surface area (Å²) in [7, 11) is 0. The SMILES string of the molecule is CC(C)CNC(=O)CCNc1ncc(N)cc1C#N. The second-order valence-corrected chi connectivity index (χ2v) is 4.65. The lowest BCUT2D eigenvalue weighted by Crippen LogP contribution is -2.28. The number of nitriles is 1. The van der Waals surface area contributed by atoms with E-state index in [1.807, 2.05) is 19.9 Å². The second kappa shape index (κ2) is 7.21. The van der Waals surface area contributed by atoms with Crippen molar-refractivity contribution in [1.29, 1.82) is 5.26 Å². The molecule has 0 aliphatic heterocycles. The first-order valence-electron chi connectivity index (χ1n) is 6.19. The molecule has 0 aliphatic carbocycles. The lowest BCUT2D eigenvalue weighted by Gasteiger charge is -2.09. The zero-order valence-electron chi connectivity index (χ0n) is 11.2. The summed E-state index contributed by atoms with van der Waals surface area (Å²) >= 11 is 0. The lowest BCUT2D eigenvalue weighted by molar-refractivity contribution is -0.120. The summed E-state index contributed by atoms with van der Waals surface area (Å²) in [5.74, 6) is 0.865. The highest BCUT2D eigenvalue weighted by Gasteiger charge is 2.06. The summed E-state index contributed by atoms with van der Waals surface area (Å²) in [6.07, 6.45) is 1.81. The largest absolute Gasteiger partial charge is 0.397 e. The standard InChI is InChI=1S/C13H19N5O/c1-9(2)7-17-12(19)3-4-16-13-10(6-14)5-11(15)8-18-13/h5,8-9H,3-4,7,15H2,1-2H3,(H,16,18)(H,17,19). The molecule has 1 amide bonds. The predicted molar refractivity (Wildman–Crippen MR) is 74.3 cm³/mol. The molecular formula is C13H19N5O. The van der Waals surface area contributed by atoms with Crippen molar-refractivity contribution in [2.45, 2.75) is 20.3 Å². The molecule has 1 aromatic rings. The van der Waals surface area contributed by atoms with Gasteiger partial charge in [0, 0.05) is 19.5 Å². The van der Waals surface area contributed by atoms with Crippen LogP contribution in [-0.4, -0.2) is 24.0 Å². The van der Waals surface area contributed by atoms with Crippen LogP contribution < -0.4 is 16.4 Å². The maximum absolute atomic E-state index is 11.5. The first-order chi connectivity index (χ1) is 9.02. The van der Waals surface area contributed by atoms with E-state index >= 15 is 0 Å². The fourth-order valence-electron chi connectivity index (χ4n) is 1.41. The van der Waals surface area contributed by atoms with E-state index in [2.05, 4.69) is 15.6 Å². The van der Waals surface area contributed by atoms with Gasteiger partial charge in [0.2, 0.25) is 5.91 Å². The Hall–Kier alpha value is -2.29. The smallest absolute Gasteiger partial charge is 0.221 e. The monoisotopic (exact) mass is 261 g/mol. The van der Waals surface area contributed by atoms with Gasteiger partial charge in [0.25, 0.3) is 0 Å². The molecule has 1 aromatic heterocycles. The number of rotatable bonds is 6. The number of anilines is 2. The summed E-state index contributed by atoms with van der Waals surface area (Å²) < 4.78 is 0. The van der Waals surface area contributed by atoms with Crippen LogP contribution in [0.5, 0.6) is 0 Å². The number of nitrogen functional groups attached to an aromatic ring is 1. The molecule has 0 fully saturated rings. The molecule has 0 spiro atoms. The van der Waals surface area contributed by atoms with Crippen LogP contribution in [0.2, 0.25) is 0 Å². The van der Waals surface area contributed by atoms with Gasteiger partial charge in [0.15, 0.2) is 0 Å². The Balaban J connectivity index is 2.41. The third-order valence-electron chi connectivity index (χ3n) is 2.38. The highest BCUT2D eigenvalue weighted by atomic mass is 16.1. The zero-order valence-corrected chi connectivity index (χ0v) is 11.2. The van der Waals surface area contributed by atoms with Crippen LogP contribution in [0.15, 0.2) is 12.3 Å². The topological polar surface area (TPSA) is 104 Å². The van der Waals surface area contributed by atoms with Crippen LogP contribution in [0.25, 0.3) is 0 Å². The van der Waals surface area contributed by atoms with Gasteiger partial charge in [0.1, 0.15) is 11.9 Å². The number of aromatic nitrogens is 1.